The van der Waals surface area contributed by atoms with Gasteiger partial charge in [0.05, 0.1) is 18.0 Å². The number of aromatic amines is 1. The topological polar surface area (TPSA) is 136 Å². The zero-order valence-electron chi connectivity index (χ0n) is 14.3. The van der Waals surface area contributed by atoms with Crippen LogP contribution in [-0.4, -0.2) is 36.9 Å². The molecule has 4 N–H and O–H groups in total. The average Bonchev–Trinajstić information content (AvgIpc) is 2.98. The second-order valence-electron chi connectivity index (χ2n) is 5.89. The third kappa shape index (κ3) is 4.72. The summed E-state index contributed by atoms with van der Waals surface area (Å²) in [6.07, 6.45) is 0.983. The number of H-pyrrole nitrogens is 1. The molecule has 0 amide bonds. The van der Waals surface area contributed by atoms with E-state index in [4.69, 9.17) is 27.2 Å². The van der Waals surface area contributed by atoms with E-state index in [0.717, 1.165) is 10.7 Å². The van der Waals surface area contributed by atoms with Crippen molar-refractivity contribution in [2.75, 3.05) is 0 Å². The molecular weight excluding hydrogens is 393 g/mol. The zero-order valence-corrected chi connectivity index (χ0v) is 15.1. The average molecular weight is 408 g/mol. The summed E-state index contributed by atoms with van der Waals surface area (Å²) in [6.45, 7) is -0.0374. The van der Waals surface area contributed by atoms with Crippen LogP contribution in [0.4, 0.5) is 4.39 Å². The second kappa shape index (κ2) is 8.19. The summed E-state index contributed by atoms with van der Waals surface area (Å²) in [5.41, 5.74) is 5.74. The molecule has 0 saturated carbocycles. The number of rotatable bonds is 7. The van der Waals surface area contributed by atoms with Gasteiger partial charge in [-0.15, -0.1) is 5.10 Å². The van der Waals surface area contributed by atoms with E-state index in [1.807, 2.05) is 0 Å². The largest absolute Gasteiger partial charge is 0.481 e. The fourth-order valence-corrected chi connectivity index (χ4v) is 2.54. The number of benzene rings is 1. The number of carbonyl (C=O) groups is 1. The van der Waals surface area contributed by atoms with E-state index in [9.17, 15) is 14.0 Å². The van der Waals surface area contributed by atoms with E-state index in [-0.39, 0.29) is 29.7 Å². The molecule has 0 spiro atoms. The summed E-state index contributed by atoms with van der Waals surface area (Å²) in [5.74, 6) is -1.38. The minimum absolute atomic E-state index is 0.0374. The van der Waals surface area contributed by atoms with Gasteiger partial charge >= 0.3 is 11.7 Å². The summed E-state index contributed by atoms with van der Waals surface area (Å²) in [7, 11) is 0. The van der Waals surface area contributed by atoms with Gasteiger partial charge in [-0.2, -0.15) is 0 Å². The Kier molecular flexibility index (Phi) is 5.71. The molecule has 0 bridgehead atoms. The molecular formula is C17H15ClFN5O4. The van der Waals surface area contributed by atoms with E-state index < -0.39 is 23.5 Å². The van der Waals surface area contributed by atoms with Gasteiger partial charge in [-0.1, -0.05) is 11.6 Å². The number of nitrogens with zero attached hydrogens (tertiary/aromatic N) is 3. The number of hydrogen-bond donors (Lipinski definition) is 3. The van der Waals surface area contributed by atoms with Gasteiger partial charge in [-0.25, -0.2) is 18.9 Å². The molecule has 3 aromatic rings. The summed E-state index contributed by atoms with van der Waals surface area (Å²) in [5, 5.41) is 13.0. The van der Waals surface area contributed by atoms with Crippen LogP contribution in [0.2, 0.25) is 5.02 Å². The normalized spacial score (nSPS) is 12.0. The summed E-state index contributed by atoms with van der Waals surface area (Å²) >= 11 is 5.65. The molecule has 1 atom stereocenters. The van der Waals surface area contributed by atoms with Crippen LogP contribution >= 0.6 is 11.6 Å². The number of hydrogen-bond acceptors (Lipinski definition) is 6. The van der Waals surface area contributed by atoms with E-state index in [2.05, 4.69) is 15.1 Å². The molecule has 0 saturated heterocycles. The first-order chi connectivity index (χ1) is 13.3. The SMILES string of the molecule is N[C@@H](CC(=O)O)Cn1nc(-c2ccc(Oc3ncc(Cl)cc3F)cc2)[nH]c1=O. The fourth-order valence-electron chi connectivity index (χ4n) is 2.39. The number of aromatic nitrogens is 4. The molecule has 2 aromatic heterocycles. The number of aliphatic carboxylic acids is 1. The number of carboxylic acid groups (broad SMARTS) is 1. The number of pyridine rings is 1. The Balaban J connectivity index is 1.74. The van der Waals surface area contributed by atoms with Crippen LogP contribution in [0.3, 0.4) is 0 Å². The molecule has 28 heavy (non-hydrogen) atoms. The Morgan fingerprint density at radius 1 is 1.39 bits per heavy atom. The van der Waals surface area contributed by atoms with Gasteiger partial charge in [0, 0.05) is 17.8 Å². The van der Waals surface area contributed by atoms with Crippen molar-refractivity contribution < 1.29 is 19.0 Å². The van der Waals surface area contributed by atoms with Crippen molar-refractivity contribution in [1.82, 2.24) is 19.7 Å². The maximum absolute atomic E-state index is 13.7. The highest BCUT2D eigenvalue weighted by molar-refractivity contribution is 6.30. The standard InChI is InChI=1S/C17H15ClFN5O4/c18-10-5-13(19)16(21-7-10)28-12-3-1-9(2-4-12)15-22-17(27)24(23-15)8-11(20)6-14(25)26/h1-5,7,11H,6,8,20H2,(H,25,26)(H,22,23,27)/t11-/m0/s1. The quantitative estimate of drug-likeness (QED) is 0.545. The third-order valence-corrected chi connectivity index (χ3v) is 3.85. The van der Waals surface area contributed by atoms with Crippen LogP contribution in [0.1, 0.15) is 6.42 Å². The molecule has 1 aromatic carbocycles. The second-order valence-corrected chi connectivity index (χ2v) is 6.32. The first kappa shape index (κ1) is 19.5. The van der Waals surface area contributed by atoms with E-state index in [0.29, 0.717) is 11.3 Å². The van der Waals surface area contributed by atoms with Crippen LogP contribution < -0.4 is 16.2 Å². The van der Waals surface area contributed by atoms with Crippen molar-refractivity contribution in [3.63, 3.8) is 0 Å². The molecule has 3 rings (SSSR count). The molecule has 0 fully saturated rings. The van der Waals surface area contributed by atoms with Crippen molar-refractivity contribution >= 4 is 17.6 Å². The van der Waals surface area contributed by atoms with Gasteiger partial charge in [0.25, 0.3) is 5.88 Å². The molecule has 0 unspecified atom stereocenters. The number of nitrogens with two attached hydrogens (primary N) is 1. The maximum atomic E-state index is 13.7. The predicted octanol–water partition coefficient (Wildman–Crippen LogP) is 2.02. The first-order valence-corrected chi connectivity index (χ1v) is 8.43. The molecule has 0 aliphatic heterocycles. The van der Waals surface area contributed by atoms with Crippen LogP contribution in [0.25, 0.3) is 11.4 Å². The lowest BCUT2D eigenvalue weighted by Crippen LogP contribution is -2.33. The lowest BCUT2D eigenvalue weighted by Gasteiger charge is -2.07. The molecule has 0 aliphatic carbocycles. The van der Waals surface area contributed by atoms with Crippen LogP contribution in [0.15, 0.2) is 41.3 Å². The predicted molar refractivity (Wildman–Crippen MR) is 97.8 cm³/mol. The molecule has 0 aliphatic rings. The van der Waals surface area contributed by atoms with Crippen molar-refractivity contribution in [1.29, 1.82) is 0 Å². The van der Waals surface area contributed by atoms with E-state index >= 15 is 0 Å². The molecule has 11 heteroatoms. The summed E-state index contributed by atoms with van der Waals surface area (Å²) in [4.78, 5) is 29.0. The van der Waals surface area contributed by atoms with Gasteiger partial charge < -0.3 is 15.6 Å². The molecule has 9 nitrogen and oxygen atoms in total. The lowest BCUT2D eigenvalue weighted by molar-refractivity contribution is -0.137. The zero-order chi connectivity index (χ0) is 20.3. The highest BCUT2D eigenvalue weighted by Gasteiger charge is 2.14. The van der Waals surface area contributed by atoms with Gasteiger partial charge in [0.15, 0.2) is 11.6 Å². The van der Waals surface area contributed by atoms with Crippen LogP contribution in [0, 0.1) is 5.82 Å². The maximum Gasteiger partial charge on any atom is 0.343 e. The number of halogens is 2. The van der Waals surface area contributed by atoms with Crippen molar-refractivity contribution in [2.45, 2.75) is 19.0 Å². The van der Waals surface area contributed by atoms with Gasteiger partial charge in [-0.05, 0) is 30.3 Å². The van der Waals surface area contributed by atoms with E-state index in [1.165, 1.54) is 6.20 Å². The van der Waals surface area contributed by atoms with Crippen molar-refractivity contribution in [3.05, 3.63) is 57.9 Å². The Labute approximate surface area is 162 Å². The van der Waals surface area contributed by atoms with Gasteiger partial charge in [0.2, 0.25) is 0 Å². The first-order valence-electron chi connectivity index (χ1n) is 8.05. The summed E-state index contributed by atoms with van der Waals surface area (Å²) < 4.78 is 20.2. The van der Waals surface area contributed by atoms with Crippen molar-refractivity contribution in [2.24, 2.45) is 5.73 Å². The number of ether oxygens (including phenoxy) is 1. The Bertz CT molecular complexity index is 1050. The highest BCUT2D eigenvalue weighted by atomic mass is 35.5. The third-order valence-electron chi connectivity index (χ3n) is 3.64. The monoisotopic (exact) mass is 407 g/mol. The van der Waals surface area contributed by atoms with Crippen molar-refractivity contribution in [3.8, 4) is 23.0 Å². The van der Waals surface area contributed by atoms with Gasteiger partial charge in [0.1, 0.15) is 5.75 Å². The fraction of sp³-hybridized carbons (Fsp3) is 0.176. The van der Waals surface area contributed by atoms with Crippen LogP contribution in [-0.2, 0) is 11.3 Å². The smallest absolute Gasteiger partial charge is 0.343 e. The lowest BCUT2D eigenvalue weighted by atomic mass is 10.2. The van der Waals surface area contributed by atoms with Gasteiger partial charge in [-0.3, -0.25) is 9.78 Å². The molecule has 2 heterocycles. The number of nitrogens with one attached hydrogen (secondary N) is 1. The Morgan fingerprint density at radius 2 is 2.11 bits per heavy atom. The minimum atomic E-state index is -1.06. The Morgan fingerprint density at radius 3 is 2.75 bits per heavy atom. The highest BCUT2D eigenvalue weighted by Crippen LogP contribution is 2.25. The summed E-state index contributed by atoms with van der Waals surface area (Å²) in [6, 6.07) is 6.68. The van der Waals surface area contributed by atoms with E-state index in [1.54, 1.807) is 24.3 Å². The minimum Gasteiger partial charge on any atom is -0.481 e. The Hall–Kier alpha value is -3.24. The molecule has 146 valence electrons. The van der Waals surface area contributed by atoms with Crippen LogP contribution in [0.5, 0.6) is 11.6 Å². The number of carboxylic acids is 1. The molecule has 0 radical (unpaired) electrons.